The van der Waals surface area contributed by atoms with Gasteiger partial charge in [0.05, 0.1) is 10.6 Å². The van der Waals surface area contributed by atoms with Crippen molar-refractivity contribution in [2.75, 3.05) is 42.5 Å². The highest BCUT2D eigenvalue weighted by Gasteiger charge is 2.34. The van der Waals surface area contributed by atoms with Crippen molar-refractivity contribution in [2.45, 2.75) is 6.92 Å². The number of amides is 1. The first-order chi connectivity index (χ1) is 17.1. The summed E-state index contributed by atoms with van der Waals surface area (Å²) in [5.41, 5.74) is 0.916. The minimum atomic E-state index is -1.19. The lowest BCUT2D eigenvalue weighted by atomic mass is 10.0. The Labute approximate surface area is 216 Å². The van der Waals surface area contributed by atoms with E-state index < -0.39 is 24.0 Å². The summed E-state index contributed by atoms with van der Waals surface area (Å²) in [6, 6.07) is 8.49. The molecule has 0 spiro atoms. The third-order valence-electron chi connectivity index (χ3n) is 6.18. The zero-order chi connectivity index (χ0) is 26.1. The number of carboxylic acid groups (broad SMARTS) is 1. The van der Waals surface area contributed by atoms with Crippen LogP contribution in [0, 0.1) is 24.1 Å². The monoisotopic (exact) mass is 527 g/mol. The summed E-state index contributed by atoms with van der Waals surface area (Å²) in [6.07, 6.45) is 1.56. The van der Waals surface area contributed by atoms with Crippen molar-refractivity contribution >= 4 is 57.8 Å². The van der Waals surface area contributed by atoms with Crippen molar-refractivity contribution in [3.8, 4) is 6.07 Å². The molecule has 2 fully saturated rings. The number of para-hydroxylation sites is 1. The first-order valence-corrected chi connectivity index (χ1v) is 12.2. The van der Waals surface area contributed by atoms with Crippen LogP contribution in [0.15, 0.2) is 34.0 Å². The molecule has 0 bridgehead atoms. The highest BCUT2D eigenvalue weighted by Crippen LogP contribution is 2.36. The van der Waals surface area contributed by atoms with Gasteiger partial charge in [0.2, 0.25) is 0 Å². The number of thioether (sulfide) groups is 1. The standard InChI is InChI=1S/C24H22FN5O4S2/c1-14-15(11-19-23(34)30(13-20(31)32)24(35)36-19)21(27(2)22(33)16(14)12-26)29-9-7-28(8-10-29)18-6-4-3-5-17(18)25/h3-6,11H,7-10,13H2,1-2H3,(H,31,32). The van der Waals surface area contributed by atoms with E-state index >= 15 is 0 Å². The molecule has 12 heteroatoms. The smallest absolute Gasteiger partial charge is 0.323 e. The van der Waals surface area contributed by atoms with Gasteiger partial charge in [0.1, 0.15) is 34.1 Å². The summed E-state index contributed by atoms with van der Waals surface area (Å²) in [5.74, 6) is -1.52. The molecule has 36 heavy (non-hydrogen) atoms. The maximum Gasteiger partial charge on any atom is 0.323 e. The van der Waals surface area contributed by atoms with E-state index in [1.165, 1.54) is 10.6 Å². The van der Waals surface area contributed by atoms with Crippen LogP contribution in [0.4, 0.5) is 15.9 Å². The van der Waals surface area contributed by atoms with Crippen LogP contribution in [0.3, 0.4) is 0 Å². The molecule has 0 saturated carbocycles. The van der Waals surface area contributed by atoms with E-state index in [9.17, 15) is 24.0 Å². The molecule has 2 aliphatic rings. The number of aliphatic carboxylic acids is 1. The molecule has 1 aromatic heterocycles. The number of rotatable bonds is 5. The fourth-order valence-corrected chi connectivity index (χ4v) is 5.60. The van der Waals surface area contributed by atoms with Gasteiger partial charge in [-0.2, -0.15) is 5.26 Å². The highest BCUT2D eigenvalue weighted by atomic mass is 32.2. The molecule has 0 atom stereocenters. The van der Waals surface area contributed by atoms with Crippen molar-refractivity contribution in [1.29, 1.82) is 5.26 Å². The molecule has 1 amide bonds. The molecule has 2 aliphatic heterocycles. The summed E-state index contributed by atoms with van der Waals surface area (Å²) >= 11 is 6.17. The van der Waals surface area contributed by atoms with Crippen molar-refractivity contribution < 1.29 is 19.1 Å². The van der Waals surface area contributed by atoms with Gasteiger partial charge in [0.25, 0.3) is 11.5 Å². The number of hydrogen-bond acceptors (Lipinski definition) is 8. The lowest BCUT2D eigenvalue weighted by Gasteiger charge is -2.38. The topological polar surface area (TPSA) is 110 Å². The fourth-order valence-electron chi connectivity index (χ4n) is 4.36. The Bertz CT molecular complexity index is 1410. The van der Waals surface area contributed by atoms with E-state index in [2.05, 4.69) is 0 Å². The summed E-state index contributed by atoms with van der Waals surface area (Å²) in [4.78, 5) is 42.1. The van der Waals surface area contributed by atoms with E-state index in [0.29, 0.717) is 48.8 Å². The molecule has 2 saturated heterocycles. The molecule has 4 rings (SSSR count). The van der Waals surface area contributed by atoms with Crippen LogP contribution in [0.1, 0.15) is 16.7 Å². The quantitative estimate of drug-likeness (QED) is 0.463. The maximum absolute atomic E-state index is 14.3. The number of benzene rings is 1. The van der Waals surface area contributed by atoms with Gasteiger partial charge in [0, 0.05) is 38.8 Å². The summed E-state index contributed by atoms with van der Waals surface area (Å²) in [5, 5.41) is 18.7. The molecule has 0 aliphatic carbocycles. The van der Waals surface area contributed by atoms with Crippen LogP contribution >= 0.6 is 24.0 Å². The zero-order valence-corrected chi connectivity index (χ0v) is 21.2. The minimum Gasteiger partial charge on any atom is -0.480 e. The number of piperazine rings is 1. The number of nitrogens with zero attached hydrogens (tertiary/aromatic N) is 5. The number of pyridine rings is 1. The van der Waals surface area contributed by atoms with Crippen LogP contribution in [0.5, 0.6) is 0 Å². The number of halogens is 1. The Kier molecular flexibility index (Phi) is 7.14. The first kappa shape index (κ1) is 25.4. The SMILES string of the molecule is Cc1c(C=C2SC(=S)N(CC(=O)O)C2=O)c(N2CCN(c3ccccc3F)CC2)n(C)c(=O)c1C#N. The summed E-state index contributed by atoms with van der Waals surface area (Å²) in [7, 11) is 1.56. The number of nitriles is 1. The van der Waals surface area contributed by atoms with Crippen molar-refractivity contribution in [3.63, 3.8) is 0 Å². The van der Waals surface area contributed by atoms with E-state index in [1.807, 2.05) is 15.9 Å². The Morgan fingerprint density at radius 1 is 1.22 bits per heavy atom. The number of carbonyl (C=O) groups is 2. The largest absolute Gasteiger partial charge is 0.480 e. The Hall–Kier alpha value is -3.69. The second-order valence-electron chi connectivity index (χ2n) is 8.30. The third-order valence-corrected chi connectivity index (χ3v) is 7.56. The predicted molar refractivity (Wildman–Crippen MR) is 139 cm³/mol. The second kappa shape index (κ2) is 10.1. The zero-order valence-electron chi connectivity index (χ0n) is 19.5. The lowest BCUT2D eigenvalue weighted by Crippen LogP contribution is -2.48. The van der Waals surface area contributed by atoms with Gasteiger partial charge in [-0.15, -0.1) is 0 Å². The van der Waals surface area contributed by atoms with Gasteiger partial charge in [0.15, 0.2) is 0 Å². The van der Waals surface area contributed by atoms with Crippen LogP contribution in [-0.4, -0.2) is 63.5 Å². The van der Waals surface area contributed by atoms with Crippen molar-refractivity contribution in [1.82, 2.24) is 9.47 Å². The molecular formula is C24H22FN5O4S2. The maximum atomic E-state index is 14.3. The molecule has 186 valence electrons. The molecule has 1 aromatic carbocycles. The number of carboxylic acids is 1. The molecule has 3 heterocycles. The number of hydrogen-bond donors (Lipinski definition) is 1. The van der Waals surface area contributed by atoms with Crippen LogP contribution in [-0.2, 0) is 16.6 Å². The van der Waals surface area contributed by atoms with Crippen LogP contribution in [0.2, 0.25) is 0 Å². The fraction of sp³-hybridized carbons (Fsp3) is 0.292. The second-order valence-corrected chi connectivity index (χ2v) is 9.98. The average molecular weight is 528 g/mol. The van der Waals surface area contributed by atoms with E-state index in [-0.39, 0.29) is 20.6 Å². The van der Waals surface area contributed by atoms with E-state index in [4.69, 9.17) is 17.3 Å². The van der Waals surface area contributed by atoms with E-state index in [1.54, 1.807) is 38.2 Å². The summed E-state index contributed by atoms with van der Waals surface area (Å²) < 4.78 is 15.8. The molecule has 2 aromatic rings. The molecule has 1 N–H and O–H groups in total. The molecule has 0 unspecified atom stereocenters. The van der Waals surface area contributed by atoms with Gasteiger partial charge >= 0.3 is 5.97 Å². The number of anilines is 2. The average Bonchev–Trinajstić information content (AvgIpc) is 3.10. The predicted octanol–water partition coefficient (Wildman–Crippen LogP) is 2.32. The van der Waals surface area contributed by atoms with Crippen molar-refractivity contribution in [2.24, 2.45) is 7.05 Å². The third kappa shape index (κ3) is 4.59. The van der Waals surface area contributed by atoms with Gasteiger partial charge < -0.3 is 14.9 Å². The number of thiocarbonyl (C=S) groups is 1. The van der Waals surface area contributed by atoms with Crippen LogP contribution < -0.4 is 15.4 Å². The Balaban J connectivity index is 1.74. The minimum absolute atomic E-state index is 0.0430. The van der Waals surface area contributed by atoms with Gasteiger partial charge in [-0.05, 0) is 30.7 Å². The summed E-state index contributed by atoms with van der Waals surface area (Å²) in [6.45, 7) is 3.01. The van der Waals surface area contributed by atoms with Gasteiger partial charge in [-0.3, -0.25) is 23.9 Å². The first-order valence-electron chi connectivity index (χ1n) is 11.0. The number of aromatic nitrogens is 1. The van der Waals surface area contributed by atoms with Gasteiger partial charge in [-0.1, -0.05) is 36.1 Å². The Morgan fingerprint density at radius 2 is 1.86 bits per heavy atom. The molecule has 9 nitrogen and oxygen atoms in total. The normalized spacial score (nSPS) is 17.2. The number of carbonyl (C=O) groups excluding carboxylic acids is 1. The molecule has 0 radical (unpaired) electrons. The van der Waals surface area contributed by atoms with E-state index in [0.717, 1.165) is 16.7 Å². The lowest BCUT2D eigenvalue weighted by molar-refractivity contribution is -0.140. The Morgan fingerprint density at radius 3 is 2.47 bits per heavy atom. The highest BCUT2D eigenvalue weighted by molar-refractivity contribution is 8.26. The van der Waals surface area contributed by atoms with Crippen LogP contribution in [0.25, 0.3) is 6.08 Å². The van der Waals surface area contributed by atoms with Crippen molar-refractivity contribution in [3.05, 3.63) is 62.0 Å². The molecular weight excluding hydrogens is 505 g/mol. The van der Waals surface area contributed by atoms with Gasteiger partial charge in [-0.25, -0.2) is 4.39 Å².